The number of rotatable bonds is 3. The zero-order valence-corrected chi connectivity index (χ0v) is 7.13. The lowest BCUT2D eigenvalue weighted by atomic mass is 10.4. The number of hydrogen-bond acceptors (Lipinski definition) is 4. The molecule has 68 valence electrons. The van der Waals surface area contributed by atoms with Crippen molar-refractivity contribution in [2.45, 2.75) is 18.7 Å². The van der Waals surface area contributed by atoms with Crippen molar-refractivity contribution in [2.24, 2.45) is 0 Å². The summed E-state index contributed by atoms with van der Waals surface area (Å²) in [5, 5.41) is 8.57. The van der Waals surface area contributed by atoms with Crippen LogP contribution in [0.1, 0.15) is 13.3 Å². The number of nitrogens with zero attached hydrogens (tertiary/aromatic N) is 1. The summed E-state index contributed by atoms with van der Waals surface area (Å²) in [7, 11) is -4.26. The number of nitrogens with one attached hydrogen (secondary N) is 1. The molecule has 0 aromatic carbocycles. The van der Waals surface area contributed by atoms with Gasteiger partial charge in [0.15, 0.2) is 5.37 Å². The second kappa shape index (κ2) is 4.04. The van der Waals surface area contributed by atoms with E-state index in [9.17, 15) is 13.2 Å². The first kappa shape index (κ1) is 10.9. The Kier molecular flexibility index (Phi) is 3.66. The fourth-order valence-corrected chi connectivity index (χ4v) is 0.704. The molecule has 0 fully saturated rings. The van der Waals surface area contributed by atoms with Crippen LogP contribution in [0.3, 0.4) is 0 Å². The molecule has 0 aliphatic rings. The van der Waals surface area contributed by atoms with Gasteiger partial charge < -0.3 is 5.32 Å². The Morgan fingerprint density at radius 1 is 1.75 bits per heavy atom. The third kappa shape index (κ3) is 3.90. The summed E-state index contributed by atoms with van der Waals surface area (Å²) in [5.41, 5.74) is 0. The Labute approximate surface area is 69.9 Å². The zero-order valence-electron chi connectivity index (χ0n) is 6.31. The van der Waals surface area contributed by atoms with E-state index in [-0.39, 0.29) is 0 Å². The minimum absolute atomic E-state index is 0.431. The molecule has 6 nitrogen and oxygen atoms in total. The van der Waals surface area contributed by atoms with Crippen molar-refractivity contribution in [2.75, 3.05) is 0 Å². The van der Waals surface area contributed by atoms with Gasteiger partial charge in [0.05, 0.1) is 6.07 Å². The monoisotopic (exact) mass is 192 g/mol. The lowest BCUT2D eigenvalue weighted by Gasteiger charge is -2.08. The molecule has 0 radical (unpaired) electrons. The lowest BCUT2D eigenvalue weighted by molar-refractivity contribution is -0.120. The van der Waals surface area contributed by atoms with Gasteiger partial charge in [0.1, 0.15) is 6.42 Å². The molecule has 12 heavy (non-hydrogen) atoms. The molecule has 2 N–H and O–H groups in total. The predicted octanol–water partition coefficient (Wildman–Crippen LogP) is -0.750. The van der Waals surface area contributed by atoms with E-state index in [1.807, 2.05) is 5.32 Å². The molecular formula is C5H8N2O4S. The fraction of sp³-hybridized carbons (Fsp3) is 0.600. The number of carbonyl (C=O) groups excluding carboxylic acids is 1. The highest BCUT2D eigenvalue weighted by atomic mass is 32.2. The summed E-state index contributed by atoms with van der Waals surface area (Å²) >= 11 is 0. The largest absolute Gasteiger partial charge is 0.337 e. The molecule has 0 bridgehead atoms. The number of carbonyl (C=O) groups is 1. The van der Waals surface area contributed by atoms with Gasteiger partial charge in [-0.15, -0.1) is 0 Å². The minimum atomic E-state index is -4.26. The van der Waals surface area contributed by atoms with E-state index in [0.29, 0.717) is 0 Å². The molecule has 0 aliphatic heterocycles. The standard InChI is InChI=1S/C5H8N2O4S/c1-4(12(9,10)11)7-5(8)2-3-6/h4H,2H2,1H3,(H,7,8)(H,9,10,11). The molecule has 0 aromatic rings. The Morgan fingerprint density at radius 2 is 2.25 bits per heavy atom. The van der Waals surface area contributed by atoms with Crippen molar-refractivity contribution in [3.8, 4) is 6.07 Å². The lowest BCUT2D eigenvalue weighted by Crippen LogP contribution is -2.37. The highest BCUT2D eigenvalue weighted by Crippen LogP contribution is 1.92. The van der Waals surface area contributed by atoms with E-state index in [0.717, 1.165) is 6.92 Å². The predicted molar refractivity (Wildman–Crippen MR) is 39.4 cm³/mol. The summed E-state index contributed by atoms with van der Waals surface area (Å²) in [6, 6.07) is 1.54. The second-order valence-electron chi connectivity index (χ2n) is 2.06. The van der Waals surface area contributed by atoms with Crippen molar-refractivity contribution in [3.05, 3.63) is 0 Å². The van der Waals surface area contributed by atoms with Crippen LogP contribution in [0, 0.1) is 11.3 Å². The summed E-state index contributed by atoms with van der Waals surface area (Å²) in [5.74, 6) is -0.734. The van der Waals surface area contributed by atoms with Gasteiger partial charge in [0.25, 0.3) is 10.1 Å². The van der Waals surface area contributed by atoms with Crippen molar-refractivity contribution in [3.63, 3.8) is 0 Å². The summed E-state index contributed by atoms with van der Waals surface area (Å²) in [6.45, 7) is 1.10. The highest BCUT2D eigenvalue weighted by molar-refractivity contribution is 7.86. The van der Waals surface area contributed by atoms with Gasteiger partial charge in [-0.25, -0.2) is 0 Å². The smallest absolute Gasteiger partial charge is 0.285 e. The highest BCUT2D eigenvalue weighted by Gasteiger charge is 2.18. The first-order chi connectivity index (χ1) is 5.38. The van der Waals surface area contributed by atoms with E-state index >= 15 is 0 Å². The molecule has 0 heterocycles. The first-order valence-corrected chi connectivity index (χ1v) is 4.51. The molecule has 0 spiro atoms. The average Bonchev–Trinajstić information content (AvgIpc) is 1.85. The minimum Gasteiger partial charge on any atom is -0.337 e. The van der Waals surface area contributed by atoms with E-state index in [4.69, 9.17) is 9.81 Å². The van der Waals surface area contributed by atoms with E-state index < -0.39 is 27.8 Å². The number of nitriles is 1. The Balaban J connectivity index is 4.13. The molecule has 0 saturated heterocycles. The van der Waals surface area contributed by atoms with Gasteiger partial charge in [-0.1, -0.05) is 0 Å². The maximum Gasteiger partial charge on any atom is 0.285 e. The molecule has 0 aromatic heterocycles. The van der Waals surface area contributed by atoms with Crippen LogP contribution in [0.5, 0.6) is 0 Å². The molecular weight excluding hydrogens is 184 g/mol. The third-order valence-electron chi connectivity index (χ3n) is 1.05. The normalized spacial score (nSPS) is 13.1. The fourth-order valence-electron chi connectivity index (χ4n) is 0.424. The van der Waals surface area contributed by atoms with Crippen molar-refractivity contribution in [1.82, 2.24) is 5.32 Å². The number of amides is 1. The third-order valence-corrected chi connectivity index (χ3v) is 2.06. The van der Waals surface area contributed by atoms with E-state index in [2.05, 4.69) is 0 Å². The number of hydrogen-bond donors (Lipinski definition) is 2. The van der Waals surface area contributed by atoms with Crippen LogP contribution in [-0.4, -0.2) is 24.3 Å². The van der Waals surface area contributed by atoms with E-state index in [1.165, 1.54) is 6.07 Å². The van der Waals surface area contributed by atoms with Crippen LogP contribution in [-0.2, 0) is 14.9 Å². The average molecular weight is 192 g/mol. The molecule has 1 atom stereocenters. The Bertz CT molecular complexity index is 302. The van der Waals surface area contributed by atoms with Crippen molar-refractivity contribution in [1.29, 1.82) is 5.26 Å². The molecule has 1 unspecified atom stereocenters. The Hall–Kier alpha value is -1.13. The van der Waals surface area contributed by atoms with Gasteiger partial charge in [-0.3, -0.25) is 9.35 Å². The zero-order chi connectivity index (χ0) is 9.78. The van der Waals surface area contributed by atoms with Gasteiger partial charge in [0.2, 0.25) is 5.91 Å². The molecule has 7 heteroatoms. The summed E-state index contributed by atoms with van der Waals surface area (Å²) < 4.78 is 29.0. The first-order valence-electron chi connectivity index (χ1n) is 3.00. The topological polar surface area (TPSA) is 107 Å². The molecule has 1 amide bonds. The van der Waals surface area contributed by atoms with Crippen LogP contribution in [0.25, 0.3) is 0 Å². The van der Waals surface area contributed by atoms with Gasteiger partial charge in [0, 0.05) is 0 Å². The quantitative estimate of drug-likeness (QED) is 0.572. The van der Waals surface area contributed by atoms with Crippen LogP contribution in [0.2, 0.25) is 0 Å². The van der Waals surface area contributed by atoms with Crippen LogP contribution >= 0.6 is 0 Å². The van der Waals surface area contributed by atoms with Crippen LogP contribution < -0.4 is 5.32 Å². The Morgan fingerprint density at radius 3 is 2.58 bits per heavy atom. The van der Waals surface area contributed by atoms with Gasteiger partial charge in [-0.2, -0.15) is 13.7 Å². The van der Waals surface area contributed by atoms with Crippen LogP contribution in [0.4, 0.5) is 0 Å². The SMILES string of the molecule is CC(NC(=O)CC#N)S(=O)(=O)O. The molecule has 0 aliphatic carbocycles. The maximum atomic E-state index is 10.6. The van der Waals surface area contributed by atoms with Gasteiger partial charge >= 0.3 is 0 Å². The summed E-state index contributed by atoms with van der Waals surface area (Å²) in [6.07, 6.45) is -0.431. The van der Waals surface area contributed by atoms with Crippen molar-refractivity contribution >= 4 is 16.0 Å². The molecule has 0 saturated carbocycles. The van der Waals surface area contributed by atoms with Gasteiger partial charge in [-0.05, 0) is 6.92 Å². The molecule has 0 rings (SSSR count). The van der Waals surface area contributed by atoms with E-state index in [1.54, 1.807) is 0 Å². The summed E-state index contributed by atoms with van der Waals surface area (Å²) in [4.78, 5) is 10.6. The maximum absolute atomic E-state index is 10.6. The second-order valence-corrected chi connectivity index (χ2v) is 3.80. The van der Waals surface area contributed by atoms with Crippen LogP contribution in [0.15, 0.2) is 0 Å². The van der Waals surface area contributed by atoms with Crippen molar-refractivity contribution < 1.29 is 17.8 Å².